The number of halogens is 1. The van der Waals surface area contributed by atoms with Crippen molar-refractivity contribution in [3.63, 3.8) is 0 Å². The average Bonchev–Trinajstić information content (AvgIpc) is 2.83. The molecule has 1 aromatic rings. The number of allylic oxidation sites excluding steroid dienone is 1. The van der Waals surface area contributed by atoms with E-state index in [4.69, 9.17) is 9.47 Å². The molecule has 2 saturated carbocycles. The van der Waals surface area contributed by atoms with Gasteiger partial charge in [-0.2, -0.15) is 0 Å². The van der Waals surface area contributed by atoms with Gasteiger partial charge >= 0.3 is 0 Å². The minimum Gasteiger partial charge on any atom is -0.487 e. The third-order valence-corrected chi connectivity index (χ3v) is 8.31. The minimum atomic E-state index is -0.181. The Bertz CT molecular complexity index is 729. The zero-order valence-electron chi connectivity index (χ0n) is 20.1. The summed E-state index contributed by atoms with van der Waals surface area (Å²) in [5.74, 6) is 2.94. The first-order chi connectivity index (χ1) is 15.7. The highest BCUT2D eigenvalue weighted by molar-refractivity contribution is 5.40. The van der Waals surface area contributed by atoms with E-state index in [1.165, 1.54) is 51.4 Å². The van der Waals surface area contributed by atoms with E-state index in [9.17, 15) is 4.39 Å². The van der Waals surface area contributed by atoms with Crippen molar-refractivity contribution in [2.45, 2.75) is 109 Å². The molecule has 32 heavy (non-hydrogen) atoms. The summed E-state index contributed by atoms with van der Waals surface area (Å²) in [5.41, 5.74) is 2.13. The Morgan fingerprint density at radius 3 is 2.44 bits per heavy atom. The van der Waals surface area contributed by atoms with E-state index in [0.717, 1.165) is 74.0 Å². The van der Waals surface area contributed by atoms with Gasteiger partial charge in [-0.1, -0.05) is 25.5 Å². The van der Waals surface area contributed by atoms with Crippen molar-refractivity contribution in [2.75, 3.05) is 6.61 Å². The number of rotatable bonds is 9. The second-order valence-electron chi connectivity index (χ2n) is 10.6. The van der Waals surface area contributed by atoms with Gasteiger partial charge in [0.05, 0.1) is 12.2 Å². The van der Waals surface area contributed by atoms with Crippen molar-refractivity contribution < 1.29 is 13.9 Å². The van der Waals surface area contributed by atoms with Crippen molar-refractivity contribution in [3.8, 4) is 5.75 Å². The Hall–Kier alpha value is -1.35. The van der Waals surface area contributed by atoms with E-state index in [2.05, 4.69) is 25.6 Å². The first kappa shape index (κ1) is 23.8. The fourth-order valence-electron chi connectivity index (χ4n) is 6.35. The average molecular weight is 443 g/mol. The van der Waals surface area contributed by atoms with Crippen LogP contribution in [-0.4, -0.2) is 18.8 Å². The second-order valence-corrected chi connectivity index (χ2v) is 10.6. The lowest BCUT2D eigenvalue weighted by molar-refractivity contribution is 0.00671. The molecule has 1 atom stereocenters. The maximum atomic E-state index is 14.6. The lowest BCUT2D eigenvalue weighted by atomic mass is 9.70. The fraction of sp³-hybridized carbons (Fsp3) is 0.724. The molecule has 3 heteroatoms. The molecule has 0 radical (unpaired) electrons. The molecule has 0 spiro atoms. The highest BCUT2D eigenvalue weighted by Crippen LogP contribution is 2.40. The summed E-state index contributed by atoms with van der Waals surface area (Å²) in [4.78, 5) is 0. The highest BCUT2D eigenvalue weighted by atomic mass is 19.1. The zero-order chi connectivity index (χ0) is 22.3. The first-order valence-corrected chi connectivity index (χ1v) is 13.4. The largest absolute Gasteiger partial charge is 0.487 e. The highest BCUT2D eigenvalue weighted by Gasteiger charge is 2.30. The van der Waals surface area contributed by atoms with Crippen LogP contribution in [0, 0.1) is 23.6 Å². The van der Waals surface area contributed by atoms with Gasteiger partial charge in [-0.15, -0.1) is 6.58 Å². The van der Waals surface area contributed by atoms with Gasteiger partial charge in [-0.05, 0) is 118 Å². The molecule has 0 aromatic heterocycles. The van der Waals surface area contributed by atoms with Gasteiger partial charge in [-0.25, -0.2) is 4.39 Å². The van der Waals surface area contributed by atoms with E-state index >= 15 is 0 Å². The van der Waals surface area contributed by atoms with Gasteiger partial charge in [0.15, 0.2) is 11.6 Å². The molecule has 0 amide bonds. The van der Waals surface area contributed by atoms with E-state index in [0.29, 0.717) is 11.9 Å². The maximum absolute atomic E-state index is 14.6. The van der Waals surface area contributed by atoms with Gasteiger partial charge in [0, 0.05) is 6.61 Å². The molecule has 0 N–H and O–H groups in total. The predicted molar refractivity (Wildman–Crippen MR) is 130 cm³/mol. The standard InChI is InChI=1S/C29H43FO2/c1-3-6-27-17-14-25-19-22(20-28(30)29(25)32-27)7-5-18-31-26-15-12-24(13-16-26)23-10-8-21(4-2)9-11-23/h4,19-21,23-24,26-27H,2-3,5-18H2,1H3. The maximum Gasteiger partial charge on any atom is 0.165 e. The molecule has 3 aliphatic rings. The molecular formula is C29H43FO2. The lowest BCUT2D eigenvalue weighted by Crippen LogP contribution is -2.28. The summed E-state index contributed by atoms with van der Waals surface area (Å²) in [6.07, 6.45) is 19.2. The molecule has 1 aliphatic heterocycles. The van der Waals surface area contributed by atoms with Crippen LogP contribution in [0.15, 0.2) is 24.8 Å². The minimum absolute atomic E-state index is 0.179. The summed E-state index contributed by atoms with van der Waals surface area (Å²) in [6, 6.07) is 3.84. The quantitative estimate of drug-likeness (QED) is 0.287. The molecule has 2 nitrogen and oxygen atoms in total. The summed E-state index contributed by atoms with van der Waals surface area (Å²) in [5, 5.41) is 0. The summed E-state index contributed by atoms with van der Waals surface area (Å²) >= 11 is 0. The monoisotopic (exact) mass is 442 g/mol. The van der Waals surface area contributed by atoms with Gasteiger partial charge < -0.3 is 9.47 Å². The number of hydrogen-bond donors (Lipinski definition) is 0. The van der Waals surface area contributed by atoms with E-state index < -0.39 is 0 Å². The summed E-state index contributed by atoms with van der Waals surface area (Å²) in [6.45, 7) is 6.92. The van der Waals surface area contributed by atoms with Crippen LogP contribution in [0.2, 0.25) is 0 Å². The first-order valence-electron chi connectivity index (χ1n) is 13.4. The third kappa shape index (κ3) is 6.16. The Kier molecular flexibility index (Phi) is 8.68. The summed E-state index contributed by atoms with van der Waals surface area (Å²) < 4.78 is 26.8. The molecule has 1 aromatic carbocycles. The number of aryl methyl sites for hydroxylation is 2. The number of hydrogen-bond acceptors (Lipinski definition) is 2. The molecule has 1 unspecified atom stereocenters. The molecule has 2 aliphatic carbocycles. The molecular weight excluding hydrogens is 399 g/mol. The van der Waals surface area contributed by atoms with Crippen molar-refractivity contribution in [2.24, 2.45) is 17.8 Å². The van der Waals surface area contributed by atoms with Crippen LogP contribution >= 0.6 is 0 Å². The van der Waals surface area contributed by atoms with Gasteiger partial charge in [0.1, 0.15) is 0 Å². The molecule has 0 bridgehead atoms. The van der Waals surface area contributed by atoms with Crippen molar-refractivity contribution in [1.82, 2.24) is 0 Å². The van der Waals surface area contributed by atoms with Gasteiger partial charge in [0.25, 0.3) is 0 Å². The molecule has 1 heterocycles. The molecule has 178 valence electrons. The van der Waals surface area contributed by atoms with Crippen LogP contribution < -0.4 is 4.74 Å². The van der Waals surface area contributed by atoms with Crippen LogP contribution in [0.3, 0.4) is 0 Å². The Balaban J connectivity index is 1.15. The topological polar surface area (TPSA) is 18.5 Å². The Morgan fingerprint density at radius 2 is 1.75 bits per heavy atom. The number of ether oxygens (including phenoxy) is 2. The molecule has 4 rings (SSSR count). The second kappa shape index (κ2) is 11.7. The van der Waals surface area contributed by atoms with Crippen LogP contribution in [0.4, 0.5) is 4.39 Å². The lowest BCUT2D eigenvalue weighted by Gasteiger charge is -2.37. The van der Waals surface area contributed by atoms with Crippen molar-refractivity contribution >= 4 is 0 Å². The van der Waals surface area contributed by atoms with Gasteiger partial charge in [0.2, 0.25) is 0 Å². The smallest absolute Gasteiger partial charge is 0.165 e. The predicted octanol–water partition coefficient (Wildman–Crippen LogP) is 7.82. The van der Waals surface area contributed by atoms with Crippen LogP contribution in [0.1, 0.15) is 95.1 Å². The van der Waals surface area contributed by atoms with E-state index in [1.54, 1.807) is 6.07 Å². The van der Waals surface area contributed by atoms with Crippen LogP contribution in [0.5, 0.6) is 5.75 Å². The van der Waals surface area contributed by atoms with E-state index in [1.807, 2.05) is 0 Å². The third-order valence-electron chi connectivity index (χ3n) is 8.31. The number of fused-ring (bicyclic) bond motifs is 1. The number of benzene rings is 1. The zero-order valence-corrected chi connectivity index (χ0v) is 20.1. The van der Waals surface area contributed by atoms with Crippen molar-refractivity contribution in [3.05, 3.63) is 41.7 Å². The van der Waals surface area contributed by atoms with Crippen molar-refractivity contribution in [1.29, 1.82) is 0 Å². The van der Waals surface area contributed by atoms with Gasteiger partial charge in [-0.3, -0.25) is 0 Å². The normalized spacial score (nSPS) is 30.4. The Labute approximate surface area is 195 Å². The van der Waals surface area contributed by atoms with E-state index in [-0.39, 0.29) is 11.9 Å². The fourth-order valence-corrected chi connectivity index (χ4v) is 6.35. The molecule has 2 fully saturated rings. The van der Waals surface area contributed by atoms with Crippen LogP contribution in [0.25, 0.3) is 0 Å². The SMILES string of the molecule is C=CC1CCC(C2CCC(OCCCc3cc(F)c4c(c3)CCC(CCC)O4)CC2)CC1. The molecule has 0 saturated heterocycles. The summed E-state index contributed by atoms with van der Waals surface area (Å²) in [7, 11) is 0. The van der Waals surface area contributed by atoms with Crippen LogP contribution in [-0.2, 0) is 17.6 Å². The Morgan fingerprint density at radius 1 is 1.03 bits per heavy atom.